The number of anilines is 1. The number of aryl methyl sites for hydroxylation is 1. The molecule has 106 valence electrons. The average Bonchev–Trinajstić information content (AvgIpc) is 2.41. The van der Waals surface area contributed by atoms with E-state index in [-0.39, 0.29) is 16.3 Å². The van der Waals surface area contributed by atoms with Crippen LogP contribution in [0.5, 0.6) is 11.5 Å². The van der Waals surface area contributed by atoms with E-state index in [9.17, 15) is 13.5 Å². The number of ether oxygens (including phenoxy) is 1. The molecule has 0 bridgehead atoms. The number of hydrogen-bond donors (Lipinski definition) is 2. The van der Waals surface area contributed by atoms with E-state index in [0.717, 1.165) is 5.56 Å². The Labute approximate surface area is 117 Å². The maximum absolute atomic E-state index is 12.2. The third-order valence-corrected chi connectivity index (χ3v) is 4.16. The van der Waals surface area contributed by atoms with Crippen molar-refractivity contribution < 1.29 is 18.3 Å². The fraction of sp³-hybridized carbons (Fsp3) is 0.143. The molecule has 0 fully saturated rings. The summed E-state index contributed by atoms with van der Waals surface area (Å²) in [5.74, 6) is 0.283. The predicted molar refractivity (Wildman–Crippen MR) is 76.6 cm³/mol. The van der Waals surface area contributed by atoms with Crippen LogP contribution >= 0.6 is 0 Å². The molecule has 2 aromatic carbocycles. The number of hydrogen-bond acceptors (Lipinski definition) is 4. The molecule has 0 aliphatic heterocycles. The van der Waals surface area contributed by atoms with Crippen molar-refractivity contribution in [3.8, 4) is 11.5 Å². The average molecular weight is 293 g/mol. The lowest BCUT2D eigenvalue weighted by atomic mass is 10.2. The minimum atomic E-state index is -3.74. The highest BCUT2D eigenvalue weighted by Crippen LogP contribution is 2.29. The summed E-state index contributed by atoms with van der Waals surface area (Å²) in [5.41, 5.74) is 1.04. The Balaban J connectivity index is 2.35. The summed E-state index contributed by atoms with van der Waals surface area (Å²) < 4.78 is 31.7. The smallest absolute Gasteiger partial charge is 0.262 e. The molecule has 2 aromatic rings. The van der Waals surface area contributed by atoms with Gasteiger partial charge in [0.15, 0.2) is 0 Å². The van der Waals surface area contributed by atoms with E-state index in [2.05, 4.69) is 4.72 Å². The number of nitrogens with one attached hydrogen (secondary N) is 1. The zero-order valence-corrected chi connectivity index (χ0v) is 11.9. The summed E-state index contributed by atoms with van der Waals surface area (Å²) in [6.45, 7) is 1.87. The van der Waals surface area contributed by atoms with Crippen LogP contribution in [0.3, 0.4) is 0 Å². The van der Waals surface area contributed by atoms with Gasteiger partial charge in [-0.1, -0.05) is 17.7 Å². The number of rotatable bonds is 4. The fourth-order valence-corrected chi connectivity index (χ4v) is 2.71. The van der Waals surface area contributed by atoms with Crippen molar-refractivity contribution in [1.29, 1.82) is 0 Å². The number of phenolic OH excluding ortho intramolecular Hbond substituents is 1. The van der Waals surface area contributed by atoms with Crippen molar-refractivity contribution in [2.45, 2.75) is 11.8 Å². The van der Waals surface area contributed by atoms with Crippen molar-refractivity contribution in [3.05, 3.63) is 48.0 Å². The van der Waals surface area contributed by atoms with Crippen LogP contribution in [0.2, 0.25) is 0 Å². The molecule has 0 unspecified atom stereocenters. The molecule has 5 nitrogen and oxygen atoms in total. The second-order valence-corrected chi connectivity index (χ2v) is 5.98. The largest absolute Gasteiger partial charge is 0.506 e. The lowest BCUT2D eigenvalue weighted by molar-refractivity contribution is 0.413. The van der Waals surface area contributed by atoms with Crippen LogP contribution in [-0.4, -0.2) is 20.6 Å². The van der Waals surface area contributed by atoms with E-state index in [1.165, 1.54) is 31.4 Å². The van der Waals surface area contributed by atoms with Crippen LogP contribution in [-0.2, 0) is 10.0 Å². The fourth-order valence-electron chi connectivity index (χ4n) is 1.64. The minimum absolute atomic E-state index is 0.0740. The minimum Gasteiger partial charge on any atom is -0.506 e. The number of benzene rings is 2. The third-order valence-electron chi connectivity index (χ3n) is 2.78. The van der Waals surface area contributed by atoms with E-state index in [1.54, 1.807) is 18.2 Å². The van der Waals surface area contributed by atoms with Crippen LogP contribution in [0.1, 0.15) is 5.56 Å². The highest BCUT2D eigenvalue weighted by Gasteiger charge is 2.16. The maximum atomic E-state index is 12.2. The molecule has 0 atom stereocenters. The number of phenols is 1. The molecule has 0 heterocycles. The van der Waals surface area contributed by atoms with Crippen molar-refractivity contribution in [2.24, 2.45) is 0 Å². The molecule has 0 spiro atoms. The molecule has 0 saturated carbocycles. The highest BCUT2D eigenvalue weighted by molar-refractivity contribution is 7.92. The number of aromatic hydroxyl groups is 1. The van der Waals surface area contributed by atoms with Gasteiger partial charge in [-0.15, -0.1) is 0 Å². The van der Waals surface area contributed by atoms with Crippen LogP contribution in [0, 0.1) is 6.92 Å². The SMILES string of the molecule is COc1ccc(O)c(NS(=O)(=O)c2ccc(C)cc2)c1. The number of sulfonamides is 1. The van der Waals surface area contributed by atoms with Gasteiger partial charge in [-0.25, -0.2) is 8.42 Å². The standard InChI is InChI=1S/C14H15NO4S/c1-10-3-6-12(7-4-10)20(17,18)15-13-9-11(19-2)5-8-14(13)16/h3-9,15-16H,1-2H3. The van der Waals surface area contributed by atoms with E-state index in [4.69, 9.17) is 4.74 Å². The Kier molecular flexibility index (Phi) is 3.85. The quantitative estimate of drug-likeness (QED) is 0.849. The van der Waals surface area contributed by atoms with Gasteiger partial charge < -0.3 is 9.84 Å². The Morgan fingerprint density at radius 1 is 1.10 bits per heavy atom. The molecule has 0 aliphatic rings. The molecule has 0 aromatic heterocycles. The second-order valence-electron chi connectivity index (χ2n) is 4.30. The van der Waals surface area contributed by atoms with Gasteiger partial charge in [0.2, 0.25) is 0 Å². The van der Waals surface area contributed by atoms with Gasteiger partial charge in [-0.3, -0.25) is 4.72 Å². The van der Waals surface area contributed by atoms with Gasteiger partial charge in [0, 0.05) is 6.07 Å². The summed E-state index contributed by atoms with van der Waals surface area (Å²) in [5, 5.41) is 9.70. The Hall–Kier alpha value is -2.21. The molecular weight excluding hydrogens is 278 g/mol. The molecule has 0 aliphatic carbocycles. The van der Waals surface area contributed by atoms with Crippen molar-refractivity contribution >= 4 is 15.7 Å². The number of methoxy groups -OCH3 is 1. The molecular formula is C14H15NO4S. The molecule has 2 rings (SSSR count). The van der Waals surface area contributed by atoms with Crippen molar-refractivity contribution in [1.82, 2.24) is 0 Å². The van der Waals surface area contributed by atoms with E-state index >= 15 is 0 Å². The Morgan fingerprint density at radius 2 is 1.75 bits per heavy atom. The zero-order valence-electron chi connectivity index (χ0n) is 11.1. The summed E-state index contributed by atoms with van der Waals surface area (Å²) in [6.07, 6.45) is 0. The van der Waals surface area contributed by atoms with Crippen LogP contribution in [0.15, 0.2) is 47.4 Å². The molecule has 0 saturated heterocycles. The maximum Gasteiger partial charge on any atom is 0.262 e. The zero-order chi connectivity index (χ0) is 14.8. The third kappa shape index (κ3) is 3.03. The Bertz CT molecular complexity index is 708. The second kappa shape index (κ2) is 5.42. The first kappa shape index (κ1) is 14.2. The molecule has 6 heteroatoms. The van der Waals surface area contributed by atoms with Gasteiger partial charge >= 0.3 is 0 Å². The molecule has 0 radical (unpaired) electrons. The summed E-state index contributed by atoms with van der Waals surface area (Å²) in [6, 6.07) is 10.8. The summed E-state index contributed by atoms with van der Waals surface area (Å²) >= 11 is 0. The molecule has 20 heavy (non-hydrogen) atoms. The van der Waals surface area contributed by atoms with Gasteiger partial charge in [0.05, 0.1) is 17.7 Å². The first-order valence-electron chi connectivity index (χ1n) is 5.89. The van der Waals surface area contributed by atoms with E-state index in [1.807, 2.05) is 6.92 Å². The van der Waals surface area contributed by atoms with Gasteiger partial charge in [0.1, 0.15) is 11.5 Å². The van der Waals surface area contributed by atoms with E-state index in [0.29, 0.717) is 5.75 Å². The van der Waals surface area contributed by atoms with Crippen LogP contribution in [0.25, 0.3) is 0 Å². The summed E-state index contributed by atoms with van der Waals surface area (Å²) in [7, 11) is -2.28. The summed E-state index contributed by atoms with van der Waals surface area (Å²) in [4.78, 5) is 0.130. The van der Waals surface area contributed by atoms with Gasteiger partial charge in [-0.2, -0.15) is 0 Å². The van der Waals surface area contributed by atoms with Crippen LogP contribution < -0.4 is 9.46 Å². The van der Waals surface area contributed by atoms with Gasteiger partial charge in [0.25, 0.3) is 10.0 Å². The molecule has 2 N–H and O–H groups in total. The monoisotopic (exact) mass is 293 g/mol. The lowest BCUT2D eigenvalue weighted by Crippen LogP contribution is -2.13. The first-order chi connectivity index (χ1) is 9.42. The highest BCUT2D eigenvalue weighted by atomic mass is 32.2. The van der Waals surface area contributed by atoms with Crippen molar-refractivity contribution in [3.63, 3.8) is 0 Å². The van der Waals surface area contributed by atoms with Crippen molar-refractivity contribution in [2.75, 3.05) is 11.8 Å². The first-order valence-corrected chi connectivity index (χ1v) is 7.37. The molecule has 0 amide bonds. The van der Waals surface area contributed by atoms with Gasteiger partial charge in [-0.05, 0) is 31.2 Å². The Morgan fingerprint density at radius 3 is 2.35 bits per heavy atom. The lowest BCUT2D eigenvalue weighted by Gasteiger charge is -2.11. The predicted octanol–water partition coefficient (Wildman–Crippen LogP) is 2.51. The van der Waals surface area contributed by atoms with E-state index < -0.39 is 10.0 Å². The normalized spacial score (nSPS) is 11.1. The topological polar surface area (TPSA) is 75.6 Å². The van der Waals surface area contributed by atoms with Crippen LogP contribution in [0.4, 0.5) is 5.69 Å².